The summed E-state index contributed by atoms with van der Waals surface area (Å²) >= 11 is 11.1. The number of thioether (sulfide) groups is 1. The summed E-state index contributed by atoms with van der Waals surface area (Å²) in [5, 5.41) is 4.68. The summed E-state index contributed by atoms with van der Waals surface area (Å²) in [5.74, 6) is 3.57. The Morgan fingerprint density at radius 3 is 1.40 bits per heavy atom. The molecule has 5 fully saturated rings. The average Bonchev–Trinajstić information content (AvgIpc) is 1.61. The van der Waals surface area contributed by atoms with Crippen LogP contribution in [0.2, 0.25) is 0 Å². The predicted octanol–water partition coefficient (Wildman–Crippen LogP) is 10.9. The smallest absolute Gasteiger partial charge is 0.278 e. The molecule has 1 N–H and O–H groups in total. The first-order valence-electron chi connectivity index (χ1n) is 30.4. The van der Waals surface area contributed by atoms with Crippen LogP contribution in [0.3, 0.4) is 0 Å². The Bertz CT molecular complexity index is 4290. The molecule has 0 unspecified atom stereocenters. The lowest BCUT2D eigenvalue weighted by atomic mass is 9.71. The van der Waals surface area contributed by atoms with Crippen molar-refractivity contribution < 1.29 is 14.4 Å². The Morgan fingerprint density at radius 2 is 0.957 bits per heavy atom. The van der Waals surface area contributed by atoms with Gasteiger partial charge >= 0.3 is 0 Å². The summed E-state index contributed by atoms with van der Waals surface area (Å²) in [4.78, 5) is 108. The lowest BCUT2D eigenvalue weighted by Gasteiger charge is -2.46. The van der Waals surface area contributed by atoms with Gasteiger partial charge in [-0.2, -0.15) is 4.98 Å². The van der Waals surface area contributed by atoms with Crippen LogP contribution >= 0.6 is 59.6 Å². The Morgan fingerprint density at radius 1 is 0.522 bits per heavy atom. The number of rotatable bonds is 13. The third kappa shape index (κ3) is 14.8. The molecular weight excluding hydrogens is 1380 g/mol. The van der Waals surface area contributed by atoms with Gasteiger partial charge in [0.15, 0.2) is 28.1 Å². The van der Waals surface area contributed by atoms with Crippen LogP contribution < -0.4 is 36.0 Å². The van der Waals surface area contributed by atoms with E-state index in [2.05, 4.69) is 137 Å². The number of carbonyl (C=O) groups is 3. The second kappa shape index (κ2) is 29.6. The average molecular weight is 1450 g/mol. The van der Waals surface area contributed by atoms with Gasteiger partial charge in [0.25, 0.3) is 11.1 Å². The van der Waals surface area contributed by atoms with Crippen LogP contribution in [0.5, 0.6) is 0 Å². The molecule has 23 nitrogen and oxygen atoms in total. The lowest BCUT2D eigenvalue weighted by Crippen LogP contribution is -2.46. The van der Waals surface area contributed by atoms with Gasteiger partial charge in [-0.25, -0.2) is 53.6 Å². The van der Waals surface area contributed by atoms with Gasteiger partial charge in [0.2, 0.25) is 23.7 Å². The fourth-order valence-corrected chi connectivity index (χ4v) is 13.5. The van der Waals surface area contributed by atoms with Crippen molar-refractivity contribution in [1.29, 1.82) is 0 Å². The number of likely N-dealkylation sites (tertiary alicyclic amines) is 1. The second-order valence-electron chi connectivity index (χ2n) is 22.7. The van der Waals surface area contributed by atoms with E-state index in [1.165, 1.54) is 65.6 Å². The van der Waals surface area contributed by atoms with E-state index >= 15 is 0 Å². The minimum atomic E-state index is -0.233. The van der Waals surface area contributed by atoms with Crippen molar-refractivity contribution in [3.05, 3.63) is 169 Å². The summed E-state index contributed by atoms with van der Waals surface area (Å²) in [7, 11) is 2.23. The van der Waals surface area contributed by atoms with E-state index in [0.717, 1.165) is 64.2 Å². The van der Waals surface area contributed by atoms with Crippen LogP contribution in [0.1, 0.15) is 64.2 Å². The quantitative estimate of drug-likeness (QED) is 0.0489. The van der Waals surface area contributed by atoms with Crippen molar-refractivity contribution in [1.82, 2.24) is 63.5 Å². The SMILES string of the molecule is Brc1cccc(Br)n1.C=CCn1c(=O)c2cnc(Nc3ccc(N4CCC5(CCN(C)CC5)CC4)cc3)nc2n1-c1cccc(N2CCCC2=O)n1.C=CCn1c(=O)c2cnc(SC)nc2n1-c1cccc(N2CCCC2=O)n1.O=C1CCCN1c1cccc(Br)n1. The number of piperidine rings is 2. The van der Waals surface area contributed by atoms with Crippen molar-refractivity contribution in [3.63, 3.8) is 0 Å². The first kappa shape index (κ1) is 65.3. The topological polar surface area (TPSA) is 236 Å². The van der Waals surface area contributed by atoms with Crippen molar-refractivity contribution in [3.8, 4) is 11.6 Å². The molecule has 13 heterocycles. The molecule has 5 aliphatic rings. The minimum absolute atomic E-state index is 0.0526. The molecule has 8 aromatic heterocycles. The van der Waals surface area contributed by atoms with Gasteiger partial charge in [0.05, 0.1) is 13.1 Å². The zero-order valence-corrected chi connectivity index (χ0v) is 56.7. The number of nitrogens with zero attached hydrogens (tertiary/aromatic N) is 17. The van der Waals surface area contributed by atoms with Crippen molar-refractivity contribution in [2.75, 3.05) is 84.0 Å². The Labute approximate surface area is 561 Å². The number of fused-ring (bicyclic) bond motifs is 2. The summed E-state index contributed by atoms with van der Waals surface area (Å²) < 4.78 is 8.90. The zero-order chi connectivity index (χ0) is 64.5. The molecule has 9 aromatic rings. The number of amides is 3. The summed E-state index contributed by atoms with van der Waals surface area (Å²) in [5.41, 5.74) is 3.09. The van der Waals surface area contributed by atoms with E-state index in [0.29, 0.717) is 101 Å². The van der Waals surface area contributed by atoms with Crippen molar-refractivity contribution in [2.24, 2.45) is 5.41 Å². The number of carbonyl (C=O) groups excluding carboxylic acids is 3. The highest BCUT2D eigenvalue weighted by molar-refractivity contribution is 9.11. The molecule has 0 radical (unpaired) electrons. The van der Waals surface area contributed by atoms with Crippen molar-refractivity contribution in [2.45, 2.75) is 82.5 Å². The van der Waals surface area contributed by atoms with E-state index < -0.39 is 0 Å². The van der Waals surface area contributed by atoms with Crippen LogP contribution in [0, 0.1) is 5.41 Å². The van der Waals surface area contributed by atoms with E-state index in [1.54, 1.807) is 60.7 Å². The standard InChI is InChI=1S/C33H39N9O2.C18H18N6O2S.C9H9BrN2O.C5H3Br2N/c1-3-17-41-31(44)26-23-34-32(37-30(26)42(41)28-7-4-6-27(36-28)40-18-5-8-29(40)43)35-24-9-11-25(12-10-24)39-21-15-33(16-22-39)13-19-38(2)20-14-33;1-3-9-23-17(26)12-11-19-18(27-2)21-16(12)24(23)14-7-4-6-13(20-14)22-10-5-8-15(22)25;10-7-3-1-4-8(11-7)12-6-2-5-9(12)13;6-4-2-1-3-5(7)8-4/h3-4,6-7,9-12,23H,1,5,8,13-22H2,2H3,(H,34,35,37);3-4,6-7,11H,1,5,8-10H2,2H3;1,3-4H,2,5-6H2;1-3H. The molecule has 0 aliphatic carbocycles. The van der Waals surface area contributed by atoms with E-state index in [1.807, 2.05) is 66.9 Å². The molecule has 476 valence electrons. The monoisotopic (exact) mass is 1450 g/mol. The van der Waals surface area contributed by atoms with Crippen LogP contribution in [-0.4, -0.2) is 140 Å². The predicted molar refractivity (Wildman–Crippen MR) is 371 cm³/mol. The molecule has 1 spiro atoms. The molecule has 0 bridgehead atoms. The number of anilines is 6. The maximum Gasteiger partial charge on any atom is 0.278 e. The van der Waals surface area contributed by atoms with Crippen LogP contribution in [0.15, 0.2) is 163 Å². The highest BCUT2D eigenvalue weighted by Crippen LogP contribution is 2.42. The molecule has 92 heavy (non-hydrogen) atoms. The maximum absolute atomic E-state index is 13.4. The first-order valence-corrected chi connectivity index (χ1v) is 34.0. The van der Waals surface area contributed by atoms with E-state index in [4.69, 9.17) is 9.97 Å². The number of halogens is 3. The molecular formula is C65H69Br3N18O5S. The van der Waals surface area contributed by atoms with Gasteiger partial charge < -0.3 is 15.1 Å². The number of hydrogen-bond donors (Lipinski definition) is 1. The number of aromatic nitrogens is 12. The highest BCUT2D eigenvalue weighted by atomic mass is 79.9. The molecule has 27 heteroatoms. The van der Waals surface area contributed by atoms with Crippen LogP contribution in [-0.2, 0) is 27.5 Å². The molecule has 5 saturated heterocycles. The number of pyridine rings is 4. The second-order valence-corrected chi connectivity index (χ2v) is 25.9. The van der Waals surface area contributed by atoms with Gasteiger partial charge in [-0.15, -0.1) is 13.2 Å². The summed E-state index contributed by atoms with van der Waals surface area (Å²) in [6.45, 7) is 14.8. The van der Waals surface area contributed by atoms with Gasteiger partial charge in [-0.1, -0.05) is 48.2 Å². The maximum atomic E-state index is 13.4. The summed E-state index contributed by atoms with van der Waals surface area (Å²) in [6.07, 6.45) is 17.7. The zero-order valence-electron chi connectivity index (χ0n) is 51.1. The fourth-order valence-electron chi connectivity index (χ4n) is 11.9. The number of hydrogen-bond acceptors (Lipinski definition) is 17. The van der Waals surface area contributed by atoms with Gasteiger partial charge in [-0.3, -0.25) is 38.7 Å². The Balaban J connectivity index is 0.000000151. The summed E-state index contributed by atoms with van der Waals surface area (Å²) in [6, 6.07) is 30.6. The fraction of sp³-hybridized carbons (Fsp3) is 0.338. The minimum Gasteiger partial charge on any atom is -0.371 e. The van der Waals surface area contributed by atoms with Crippen molar-refractivity contribution >= 4 is 134 Å². The van der Waals surface area contributed by atoms with Gasteiger partial charge in [0.1, 0.15) is 42.0 Å². The van der Waals surface area contributed by atoms with Crippen LogP contribution in [0.4, 0.5) is 34.8 Å². The molecule has 5 aliphatic heterocycles. The number of allylic oxidation sites excluding steroid dienone is 2. The van der Waals surface area contributed by atoms with E-state index in [9.17, 15) is 24.0 Å². The molecule has 0 saturated carbocycles. The Kier molecular flexibility index (Phi) is 21.0. The lowest BCUT2D eigenvalue weighted by molar-refractivity contribution is -0.117. The Hall–Kier alpha value is -8.24. The third-order valence-corrected chi connectivity index (χ3v) is 18.7. The van der Waals surface area contributed by atoms with Gasteiger partial charge in [-0.05, 0) is 197 Å². The largest absolute Gasteiger partial charge is 0.371 e. The van der Waals surface area contributed by atoms with Gasteiger partial charge in [0, 0.05) is 75.8 Å². The normalized spacial score (nSPS) is 16.3. The van der Waals surface area contributed by atoms with E-state index in [-0.39, 0.29) is 35.4 Å². The first-order chi connectivity index (χ1) is 44.6. The number of nitrogens with one attached hydrogen (secondary N) is 1. The third-order valence-electron chi connectivity index (χ3n) is 16.8. The van der Waals surface area contributed by atoms with Crippen LogP contribution in [0.25, 0.3) is 33.7 Å². The molecule has 14 rings (SSSR count). The molecule has 3 amide bonds. The number of benzene rings is 1. The molecule has 1 aromatic carbocycles. The molecule has 0 atom stereocenters. The highest BCUT2D eigenvalue weighted by Gasteiger charge is 2.37.